The van der Waals surface area contributed by atoms with Crippen LogP contribution in [0.25, 0.3) is 0 Å². The lowest BCUT2D eigenvalue weighted by Gasteiger charge is -2.11. The van der Waals surface area contributed by atoms with Crippen molar-refractivity contribution in [2.75, 3.05) is 19.9 Å². The van der Waals surface area contributed by atoms with Gasteiger partial charge in [0.2, 0.25) is 6.79 Å². The Balaban J connectivity index is 2.01. The molecule has 19 heavy (non-hydrogen) atoms. The van der Waals surface area contributed by atoms with Crippen LogP contribution in [-0.4, -0.2) is 31.0 Å². The first-order valence-corrected chi connectivity index (χ1v) is 6.17. The van der Waals surface area contributed by atoms with E-state index >= 15 is 0 Å². The summed E-state index contributed by atoms with van der Waals surface area (Å²) in [5.74, 6) is 1.37. The Morgan fingerprint density at radius 3 is 2.84 bits per heavy atom. The van der Waals surface area contributed by atoms with E-state index in [1.54, 1.807) is 12.1 Å². The number of hydrogen-bond acceptors (Lipinski definition) is 5. The van der Waals surface area contributed by atoms with Crippen molar-refractivity contribution in [1.29, 1.82) is 0 Å². The molecule has 6 nitrogen and oxygen atoms in total. The van der Waals surface area contributed by atoms with Gasteiger partial charge in [-0.25, -0.2) is 0 Å². The molecule has 0 aromatic heterocycles. The predicted molar refractivity (Wildman–Crippen MR) is 67.3 cm³/mol. The van der Waals surface area contributed by atoms with Gasteiger partial charge in [0.25, 0.3) is 5.91 Å². The highest BCUT2D eigenvalue weighted by molar-refractivity contribution is 5.77. The number of fused-ring (bicyclic) bond motifs is 1. The third kappa shape index (κ3) is 3.29. The van der Waals surface area contributed by atoms with Crippen LogP contribution < -0.4 is 19.5 Å². The molecule has 0 bridgehead atoms. The number of ether oxygens (including phenoxy) is 3. The Morgan fingerprint density at radius 1 is 1.42 bits per heavy atom. The average molecular weight is 267 g/mol. The number of nitrogens with one attached hydrogen (secondary N) is 1. The fourth-order valence-electron chi connectivity index (χ4n) is 1.68. The molecule has 0 fully saturated rings. The molecule has 1 aromatic rings. The molecule has 104 valence electrons. The molecule has 0 saturated carbocycles. The summed E-state index contributed by atoms with van der Waals surface area (Å²) < 4.78 is 15.8. The van der Waals surface area contributed by atoms with Gasteiger partial charge in [0.1, 0.15) is 5.75 Å². The minimum absolute atomic E-state index is 0.0906. The van der Waals surface area contributed by atoms with E-state index in [-0.39, 0.29) is 25.9 Å². The van der Waals surface area contributed by atoms with E-state index in [1.807, 2.05) is 6.92 Å². The third-order valence-electron chi connectivity index (χ3n) is 2.66. The highest BCUT2D eigenvalue weighted by Crippen LogP contribution is 2.38. The molecular weight excluding hydrogens is 250 g/mol. The largest absolute Gasteiger partial charge is 0.483 e. The fraction of sp³-hybridized carbons (Fsp3) is 0.462. The Bertz CT molecular complexity index is 461. The van der Waals surface area contributed by atoms with Crippen LogP contribution in [0, 0.1) is 0 Å². The standard InChI is InChI=1S/C13H17NO5/c1-2-3-14-13(16)7-17-10-5-12-11(18-8-19-12)4-9(10)6-15/h4-5,15H,2-3,6-8H2,1H3,(H,14,16). The molecule has 0 atom stereocenters. The predicted octanol–water partition coefficient (Wildman–Crippen LogP) is 0.813. The number of aliphatic hydroxyl groups excluding tert-OH is 1. The summed E-state index contributed by atoms with van der Waals surface area (Å²) in [5, 5.41) is 12.0. The number of hydrogen-bond donors (Lipinski definition) is 2. The van der Waals surface area contributed by atoms with E-state index in [0.717, 1.165) is 6.42 Å². The normalized spacial score (nSPS) is 12.3. The van der Waals surface area contributed by atoms with Crippen molar-refractivity contribution < 1.29 is 24.1 Å². The zero-order valence-electron chi connectivity index (χ0n) is 10.8. The fourth-order valence-corrected chi connectivity index (χ4v) is 1.68. The number of benzene rings is 1. The Morgan fingerprint density at radius 2 is 2.16 bits per heavy atom. The quantitative estimate of drug-likeness (QED) is 0.797. The maximum Gasteiger partial charge on any atom is 0.257 e. The number of carbonyl (C=O) groups excluding carboxylic acids is 1. The van der Waals surface area contributed by atoms with Gasteiger partial charge in [-0.3, -0.25) is 4.79 Å². The zero-order valence-corrected chi connectivity index (χ0v) is 10.8. The van der Waals surface area contributed by atoms with E-state index in [9.17, 15) is 9.90 Å². The molecule has 6 heteroatoms. The SMILES string of the molecule is CCCNC(=O)COc1cc2c(cc1CO)OCO2. The van der Waals surface area contributed by atoms with Gasteiger partial charge in [0, 0.05) is 18.2 Å². The Labute approximate surface area is 111 Å². The van der Waals surface area contributed by atoms with Crippen molar-refractivity contribution in [3.63, 3.8) is 0 Å². The van der Waals surface area contributed by atoms with Crippen LogP contribution in [0.1, 0.15) is 18.9 Å². The van der Waals surface area contributed by atoms with Crippen LogP contribution >= 0.6 is 0 Å². The van der Waals surface area contributed by atoms with Gasteiger partial charge >= 0.3 is 0 Å². The second-order valence-corrected chi connectivity index (χ2v) is 4.11. The van der Waals surface area contributed by atoms with E-state index in [0.29, 0.717) is 29.4 Å². The van der Waals surface area contributed by atoms with Crippen LogP contribution in [0.15, 0.2) is 12.1 Å². The number of carbonyl (C=O) groups is 1. The van der Waals surface area contributed by atoms with Crippen LogP contribution in [-0.2, 0) is 11.4 Å². The molecule has 2 rings (SSSR count). The second-order valence-electron chi connectivity index (χ2n) is 4.11. The van der Waals surface area contributed by atoms with E-state index < -0.39 is 0 Å². The smallest absolute Gasteiger partial charge is 0.257 e. The highest BCUT2D eigenvalue weighted by Gasteiger charge is 2.18. The molecule has 0 radical (unpaired) electrons. The topological polar surface area (TPSA) is 77.0 Å². The van der Waals surface area contributed by atoms with E-state index in [2.05, 4.69) is 5.32 Å². The van der Waals surface area contributed by atoms with E-state index in [4.69, 9.17) is 14.2 Å². The van der Waals surface area contributed by atoms with Gasteiger partial charge in [0.15, 0.2) is 18.1 Å². The summed E-state index contributed by atoms with van der Waals surface area (Å²) in [5.41, 5.74) is 0.563. The first-order chi connectivity index (χ1) is 9.24. The summed E-state index contributed by atoms with van der Waals surface area (Å²) in [6.07, 6.45) is 0.873. The van der Waals surface area contributed by atoms with Crippen LogP contribution in [0.2, 0.25) is 0 Å². The average Bonchev–Trinajstić information content (AvgIpc) is 2.88. The maximum atomic E-state index is 11.5. The summed E-state index contributed by atoms with van der Waals surface area (Å²) in [6, 6.07) is 3.28. The Hall–Kier alpha value is -1.95. The van der Waals surface area contributed by atoms with Crippen molar-refractivity contribution in [1.82, 2.24) is 5.32 Å². The molecule has 1 aromatic carbocycles. The van der Waals surface area contributed by atoms with Crippen molar-refractivity contribution in [2.45, 2.75) is 20.0 Å². The minimum Gasteiger partial charge on any atom is -0.483 e. The molecule has 0 aliphatic carbocycles. The van der Waals surface area contributed by atoms with Gasteiger partial charge in [-0.1, -0.05) is 6.92 Å². The molecule has 2 N–H and O–H groups in total. The third-order valence-corrected chi connectivity index (χ3v) is 2.66. The zero-order chi connectivity index (χ0) is 13.7. The number of aliphatic hydroxyl groups is 1. The van der Waals surface area contributed by atoms with Crippen LogP contribution in [0.4, 0.5) is 0 Å². The summed E-state index contributed by atoms with van der Waals surface area (Å²) in [7, 11) is 0. The lowest BCUT2D eigenvalue weighted by atomic mass is 10.2. The van der Waals surface area contributed by atoms with Gasteiger partial charge in [0.05, 0.1) is 6.61 Å². The van der Waals surface area contributed by atoms with Crippen molar-refractivity contribution in [3.8, 4) is 17.2 Å². The summed E-state index contributed by atoms with van der Waals surface area (Å²) >= 11 is 0. The summed E-state index contributed by atoms with van der Waals surface area (Å²) in [6.45, 7) is 2.47. The maximum absolute atomic E-state index is 11.5. The van der Waals surface area contributed by atoms with Crippen LogP contribution in [0.3, 0.4) is 0 Å². The van der Waals surface area contributed by atoms with Gasteiger partial charge in [-0.15, -0.1) is 0 Å². The van der Waals surface area contributed by atoms with Crippen molar-refractivity contribution in [3.05, 3.63) is 17.7 Å². The first kappa shape index (κ1) is 13.5. The lowest BCUT2D eigenvalue weighted by molar-refractivity contribution is -0.123. The second kappa shape index (κ2) is 6.29. The van der Waals surface area contributed by atoms with Crippen molar-refractivity contribution in [2.24, 2.45) is 0 Å². The van der Waals surface area contributed by atoms with Gasteiger partial charge < -0.3 is 24.6 Å². The number of amides is 1. The van der Waals surface area contributed by atoms with Crippen LogP contribution in [0.5, 0.6) is 17.2 Å². The molecule has 0 spiro atoms. The summed E-state index contributed by atoms with van der Waals surface area (Å²) in [4.78, 5) is 11.5. The molecule has 1 aliphatic rings. The Kier molecular flexibility index (Phi) is 4.46. The van der Waals surface area contributed by atoms with E-state index in [1.165, 1.54) is 0 Å². The minimum atomic E-state index is -0.192. The van der Waals surface area contributed by atoms with Crippen molar-refractivity contribution >= 4 is 5.91 Å². The monoisotopic (exact) mass is 267 g/mol. The molecule has 0 unspecified atom stereocenters. The lowest BCUT2D eigenvalue weighted by Crippen LogP contribution is -2.29. The van der Waals surface area contributed by atoms with Gasteiger partial charge in [-0.2, -0.15) is 0 Å². The molecule has 1 heterocycles. The molecule has 1 amide bonds. The first-order valence-electron chi connectivity index (χ1n) is 6.17. The molecule has 1 aliphatic heterocycles. The highest BCUT2D eigenvalue weighted by atomic mass is 16.7. The number of rotatable bonds is 6. The molecular formula is C13H17NO5. The van der Waals surface area contributed by atoms with Gasteiger partial charge in [-0.05, 0) is 12.5 Å². The molecule has 0 saturated heterocycles.